The van der Waals surface area contributed by atoms with Gasteiger partial charge in [0.1, 0.15) is 0 Å². The van der Waals surface area contributed by atoms with Crippen molar-refractivity contribution in [1.82, 2.24) is 4.98 Å². The van der Waals surface area contributed by atoms with Crippen LogP contribution in [0.1, 0.15) is 0 Å². The first-order valence-electron chi connectivity index (χ1n) is 6.46. The summed E-state index contributed by atoms with van der Waals surface area (Å²) >= 11 is 6.19. The summed E-state index contributed by atoms with van der Waals surface area (Å²) in [5.41, 5.74) is 2.15. The van der Waals surface area contributed by atoms with E-state index in [1.165, 1.54) is 0 Å². The Morgan fingerprint density at radius 2 is 1.32 bits per heavy atom. The molecule has 0 radical (unpaired) electrons. The average molecular weight is 625 g/mol. The van der Waals surface area contributed by atoms with Crippen LogP contribution in [-0.2, 0) is 0 Å². The summed E-state index contributed by atoms with van der Waals surface area (Å²) < 4.78 is 0. The Labute approximate surface area is 177 Å². The van der Waals surface area contributed by atoms with E-state index in [1.807, 2.05) is 42.5 Å². The van der Waals surface area contributed by atoms with E-state index in [1.54, 1.807) is 20.7 Å². The predicted octanol–water partition coefficient (Wildman–Crippen LogP) is 9.23. The number of hydrogen-bond acceptors (Lipinski definition) is 2. The minimum atomic E-state index is -5.42. The van der Waals surface area contributed by atoms with Crippen LogP contribution in [0.15, 0.2) is 54.6 Å². The van der Waals surface area contributed by atoms with Gasteiger partial charge in [-0.3, -0.25) is 0 Å². The van der Waals surface area contributed by atoms with Crippen molar-refractivity contribution in [3.63, 3.8) is 0 Å². The molecule has 0 N–H and O–H groups in total. The molecule has 1 nitrogen and oxygen atoms in total. The second-order valence-corrected chi connectivity index (χ2v) is 64.1. The molecule has 1 heterocycles. The van der Waals surface area contributed by atoms with Crippen molar-refractivity contribution in [2.24, 2.45) is 0 Å². The Balaban J connectivity index is 0.000000277. The zero-order valence-corrected chi connectivity index (χ0v) is 21.5. The van der Waals surface area contributed by atoms with Gasteiger partial charge in [0.05, 0.1) is 10.6 Å². The van der Waals surface area contributed by atoms with Crippen LogP contribution in [0.2, 0.25) is 5.02 Å². The fourth-order valence-corrected chi connectivity index (χ4v) is 4.15. The molecule has 3 aromatic rings. The van der Waals surface area contributed by atoms with Crippen LogP contribution in [0.4, 0.5) is 0 Å². The standard InChI is InChI=1S/C14H9ClNS2.6ClH.Sb/c15-12-9-5-4-8-11(12)14-16-13(17-18-14)10-6-2-1-3-7-10;;;;;;;/h1-9H;6*1H;/q+1;;;;;;;+5/p-6. The number of hydrogen-bond donors (Lipinski definition) is 0. The predicted molar refractivity (Wildman–Crippen MR) is 121 cm³/mol. The van der Waals surface area contributed by atoms with Crippen LogP contribution < -0.4 is 0 Å². The molecule has 25 heavy (non-hydrogen) atoms. The number of nitrogens with zero attached hydrogens (tertiary/aromatic N) is 1. The average Bonchev–Trinajstić information content (AvgIpc) is 2.95. The molecule has 0 unspecified atom stereocenters. The van der Waals surface area contributed by atoms with Gasteiger partial charge in [-0.25, -0.2) is 0 Å². The van der Waals surface area contributed by atoms with Gasteiger partial charge in [-0.1, -0.05) is 48.0 Å². The summed E-state index contributed by atoms with van der Waals surface area (Å²) in [5, 5.41) is 2.76. The SMILES string of the molecule is Clc1ccccc1-c1nc(-c2ccccc2)[s+]s1.[Cl][Sb-]([Cl])([Cl])([Cl])([Cl])[Cl]. The first kappa shape index (κ1) is 22.6. The van der Waals surface area contributed by atoms with Crippen molar-refractivity contribution in [3.05, 3.63) is 59.6 Å². The van der Waals surface area contributed by atoms with Gasteiger partial charge in [0.25, 0.3) is 0 Å². The molecule has 0 atom stereocenters. The number of halogens is 7. The van der Waals surface area contributed by atoms with Gasteiger partial charge in [0.2, 0.25) is 0 Å². The summed E-state index contributed by atoms with van der Waals surface area (Å²) in [6, 6.07) is 18.0. The fraction of sp³-hybridized carbons (Fsp3) is 0. The summed E-state index contributed by atoms with van der Waals surface area (Å²) in [7, 11) is 28.3. The van der Waals surface area contributed by atoms with E-state index in [0.29, 0.717) is 0 Å². The molecule has 0 amide bonds. The Morgan fingerprint density at radius 1 is 0.800 bits per heavy atom. The third-order valence-corrected chi connectivity index (χ3v) is 5.09. The molecule has 0 aliphatic carbocycles. The summed E-state index contributed by atoms with van der Waals surface area (Å²) in [6.45, 7) is 0. The zero-order valence-electron chi connectivity index (χ0n) is 12.1. The van der Waals surface area contributed by atoms with E-state index >= 15 is 0 Å². The Kier molecular flexibility index (Phi) is 7.17. The van der Waals surface area contributed by atoms with E-state index < -0.39 is 9.14 Å². The third-order valence-electron chi connectivity index (χ3n) is 2.53. The Morgan fingerprint density at radius 3 is 1.88 bits per heavy atom. The second-order valence-electron chi connectivity index (χ2n) is 4.69. The molecular weight excluding hydrogens is 616 g/mol. The topological polar surface area (TPSA) is 12.9 Å². The molecule has 3 rings (SSSR count). The molecule has 11 heteroatoms. The monoisotopic (exact) mass is 621 g/mol. The molecule has 0 aliphatic rings. The normalized spacial score (nSPS) is 14.0. The van der Waals surface area contributed by atoms with Crippen molar-refractivity contribution < 1.29 is 0 Å². The van der Waals surface area contributed by atoms with E-state index in [4.69, 9.17) is 64.6 Å². The van der Waals surface area contributed by atoms with Crippen LogP contribution >= 0.6 is 85.3 Å². The van der Waals surface area contributed by atoms with Crippen molar-refractivity contribution in [1.29, 1.82) is 0 Å². The maximum absolute atomic E-state index is 6.19. The van der Waals surface area contributed by atoms with Crippen molar-refractivity contribution >= 4 is 94.4 Å². The first-order chi connectivity index (χ1) is 11.3. The van der Waals surface area contributed by atoms with Crippen LogP contribution in [0.3, 0.4) is 0 Å². The molecule has 1 aromatic heterocycles. The first-order valence-corrected chi connectivity index (χ1v) is 28.4. The molecule has 136 valence electrons. The third kappa shape index (κ3) is 9.85. The van der Waals surface area contributed by atoms with Gasteiger partial charge >= 0.3 is 77.5 Å². The van der Waals surface area contributed by atoms with Gasteiger partial charge in [-0.05, 0) is 18.2 Å². The second kappa shape index (κ2) is 7.95. The molecule has 0 saturated carbocycles. The van der Waals surface area contributed by atoms with Crippen molar-refractivity contribution in [3.8, 4) is 21.1 Å². The minimum absolute atomic E-state index is 0.749. The molecule has 0 bridgehead atoms. The van der Waals surface area contributed by atoms with Gasteiger partial charge in [-0.15, -0.1) is 0 Å². The molecule has 0 fully saturated rings. The van der Waals surface area contributed by atoms with Crippen LogP contribution in [0.25, 0.3) is 21.1 Å². The van der Waals surface area contributed by atoms with E-state index in [9.17, 15) is 0 Å². The molecule has 0 saturated heterocycles. The molecule has 0 spiro atoms. The van der Waals surface area contributed by atoms with Gasteiger partial charge < -0.3 is 0 Å². The van der Waals surface area contributed by atoms with Crippen molar-refractivity contribution in [2.75, 3.05) is 0 Å². The number of benzene rings is 2. The summed E-state index contributed by atoms with van der Waals surface area (Å²) in [6.07, 6.45) is 0. The van der Waals surface area contributed by atoms with E-state index in [0.717, 1.165) is 26.2 Å². The van der Waals surface area contributed by atoms with Gasteiger partial charge in [-0.2, -0.15) is 4.98 Å². The zero-order chi connectivity index (χ0) is 18.8. The van der Waals surface area contributed by atoms with E-state index in [-0.39, 0.29) is 0 Å². The Hall–Kier alpha value is 1.27. The molecule has 0 aliphatic heterocycles. The van der Waals surface area contributed by atoms with Gasteiger partial charge in [0, 0.05) is 5.56 Å². The van der Waals surface area contributed by atoms with Crippen LogP contribution in [0, 0.1) is 0 Å². The molecular formula is C14H9Cl7NS2Sb. The van der Waals surface area contributed by atoms with Crippen molar-refractivity contribution in [2.45, 2.75) is 0 Å². The fourth-order valence-electron chi connectivity index (χ4n) is 1.64. The summed E-state index contributed by atoms with van der Waals surface area (Å²) in [5.74, 6) is 0. The quantitative estimate of drug-likeness (QED) is 0.157. The molecule has 2 aromatic carbocycles. The summed E-state index contributed by atoms with van der Waals surface area (Å²) in [4.78, 5) is 4.66. The van der Waals surface area contributed by atoms with Crippen LogP contribution in [-0.4, -0.2) is 14.1 Å². The number of aromatic nitrogens is 1. The maximum atomic E-state index is 6.19. The number of rotatable bonds is 2. The Bertz CT molecular complexity index is 852. The van der Waals surface area contributed by atoms with Gasteiger partial charge in [0.15, 0.2) is 15.3 Å². The van der Waals surface area contributed by atoms with Crippen LogP contribution in [0.5, 0.6) is 0 Å². The van der Waals surface area contributed by atoms with E-state index in [2.05, 4.69) is 17.1 Å².